The predicted octanol–water partition coefficient (Wildman–Crippen LogP) is 3.01. The summed E-state index contributed by atoms with van der Waals surface area (Å²) in [7, 11) is 0. The number of carboxylic acid groups (broad SMARTS) is 1. The Bertz CT molecular complexity index is 599. The molecule has 0 aromatic heterocycles. The van der Waals surface area contributed by atoms with Gasteiger partial charge in [0.2, 0.25) is 0 Å². The first-order valence-corrected chi connectivity index (χ1v) is 7.10. The molecule has 0 unspecified atom stereocenters. The lowest BCUT2D eigenvalue weighted by molar-refractivity contribution is -0.385. The van der Waals surface area contributed by atoms with Gasteiger partial charge < -0.3 is 10.4 Å². The highest BCUT2D eigenvalue weighted by atomic mass is 35.5. The van der Waals surface area contributed by atoms with E-state index in [9.17, 15) is 19.7 Å². The minimum Gasteiger partial charge on any atom is -0.481 e. The van der Waals surface area contributed by atoms with E-state index in [2.05, 4.69) is 5.32 Å². The van der Waals surface area contributed by atoms with Crippen molar-refractivity contribution in [1.29, 1.82) is 0 Å². The number of hydrogen-bond acceptors (Lipinski definition) is 4. The first-order chi connectivity index (χ1) is 10.2. The Hall–Kier alpha value is -2.15. The number of carbonyl (C=O) groups excluding carboxylic acids is 1. The van der Waals surface area contributed by atoms with Crippen molar-refractivity contribution >= 4 is 29.2 Å². The van der Waals surface area contributed by atoms with E-state index in [1.807, 2.05) is 0 Å². The van der Waals surface area contributed by atoms with Gasteiger partial charge in [0, 0.05) is 11.1 Å². The van der Waals surface area contributed by atoms with Gasteiger partial charge in [-0.05, 0) is 25.0 Å². The SMILES string of the molecule is CCC(CC)(CC(=O)O)NC(=O)c1ccc(Cl)cc1[N+](=O)[O-]. The number of nitrogens with zero attached hydrogens (tertiary/aromatic N) is 1. The third-order valence-corrected chi connectivity index (χ3v) is 3.86. The van der Waals surface area contributed by atoms with Crippen LogP contribution in [-0.2, 0) is 4.79 Å². The summed E-state index contributed by atoms with van der Waals surface area (Å²) in [5, 5.41) is 22.8. The number of benzene rings is 1. The van der Waals surface area contributed by atoms with Crippen molar-refractivity contribution < 1.29 is 19.6 Å². The van der Waals surface area contributed by atoms with E-state index in [-0.39, 0.29) is 17.0 Å². The Labute approximate surface area is 132 Å². The van der Waals surface area contributed by atoms with Crippen molar-refractivity contribution in [2.75, 3.05) is 0 Å². The van der Waals surface area contributed by atoms with Crippen LogP contribution >= 0.6 is 11.6 Å². The topological polar surface area (TPSA) is 110 Å². The van der Waals surface area contributed by atoms with Gasteiger partial charge in [-0.3, -0.25) is 19.7 Å². The molecule has 22 heavy (non-hydrogen) atoms. The van der Waals surface area contributed by atoms with Crippen LogP contribution in [0.3, 0.4) is 0 Å². The number of amides is 1. The van der Waals surface area contributed by atoms with Crippen LogP contribution in [0.2, 0.25) is 5.02 Å². The first kappa shape index (κ1) is 17.9. The van der Waals surface area contributed by atoms with E-state index in [0.717, 1.165) is 6.07 Å². The van der Waals surface area contributed by atoms with Gasteiger partial charge in [0.05, 0.1) is 16.9 Å². The van der Waals surface area contributed by atoms with E-state index in [1.165, 1.54) is 12.1 Å². The molecule has 0 aliphatic heterocycles. The maximum atomic E-state index is 12.3. The molecule has 2 N–H and O–H groups in total. The Balaban J connectivity index is 3.15. The molecule has 0 bridgehead atoms. The van der Waals surface area contributed by atoms with Gasteiger partial charge in [-0.25, -0.2) is 0 Å². The molecule has 0 aliphatic rings. The van der Waals surface area contributed by atoms with Crippen LogP contribution in [0.5, 0.6) is 0 Å². The molecule has 0 atom stereocenters. The average molecular weight is 329 g/mol. The number of carboxylic acids is 1. The molecule has 0 spiro atoms. The monoisotopic (exact) mass is 328 g/mol. The summed E-state index contributed by atoms with van der Waals surface area (Å²) in [6.45, 7) is 3.51. The molecule has 1 amide bonds. The minimum atomic E-state index is -1.05. The highest BCUT2D eigenvalue weighted by Gasteiger charge is 2.33. The number of rotatable bonds is 7. The van der Waals surface area contributed by atoms with Crippen LogP contribution in [0.25, 0.3) is 0 Å². The van der Waals surface area contributed by atoms with Crippen molar-refractivity contribution in [3.05, 3.63) is 38.9 Å². The fourth-order valence-electron chi connectivity index (χ4n) is 2.17. The second-order valence-electron chi connectivity index (χ2n) is 4.93. The number of hydrogen-bond donors (Lipinski definition) is 2. The van der Waals surface area contributed by atoms with Crippen LogP contribution in [0, 0.1) is 10.1 Å². The maximum absolute atomic E-state index is 12.3. The van der Waals surface area contributed by atoms with Gasteiger partial charge in [-0.2, -0.15) is 0 Å². The number of aliphatic carboxylic acids is 1. The number of halogens is 1. The van der Waals surface area contributed by atoms with Crippen LogP contribution in [0.1, 0.15) is 43.5 Å². The minimum absolute atomic E-state index is 0.144. The lowest BCUT2D eigenvalue weighted by Gasteiger charge is -2.31. The molecule has 1 rings (SSSR count). The Kier molecular flexibility index (Phi) is 5.87. The summed E-state index contributed by atoms with van der Waals surface area (Å²) in [6.07, 6.45) is 0.527. The second-order valence-corrected chi connectivity index (χ2v) is 5.37. The molecular weight excluding hydrogens is 312 g/mol. The standard InChI is InChI=1S/C14H17ClN2O5/c1-3-14(4-2,8-12(18)19)16-13(20)10-6-5-9(15)7-11(10)17(21)22/h5-7H,3-4,8H2,1-2H3,(H,16,20)(H,18,19). The zero-order valence-electron chi connectivity index (χ0n) is 12.3. The zero-order valence-corrected chi connectivity index (χ0v) is 13.0. The van der Waals surface area contributed by atoms with Crippen LogP contribution in [-0.4, -0.2) is 27.4 Å². The molecule has 0 saturated heterocycles. The van der Waals surface area contributed by atoms with Gasteiger partial charge >= 0.3 is 5.97 Å². The Morgan fingerprint density at radius 3 is 2.41 bits per heavy atom. The molecular formula is C14H17ClN2O5. The van der Waals surface area contributed by atoms with Crippen molar-refractivity contribution in [1.82, 2.24) is 5.32 Å². The lowest BCUT2D eigenvalue weighted by Crippen LogP contribution is -2.49. The Morgan fingerprint density at radius 1 is 1.36 bits per heavy atom. The quantitative estimate of drug-likeness (QED) is 0.590. The molecule has 0 radical (unpaired) electrons. The third-order valence-electron chi connectivity index (χ3n) is 3.62. The molecule has 8 heteroatoms. The number of nitro groups is 1. The summed E-state index contributed by atoms with van der Waals surface area (Å²) in [5.74, 6) is -1.73. The predicted molar refractivity (Wildman–Crippen MR) is 81.1 cm³/mol. The smallest absolute Gasteiger partial charge is 0.305 e. The van der Waals surface area contributed by atoms with E-state index >= 15 is 0 Å². The normalized spacial score (nSPS) is 11.0. The first-order valence-electron chi connectivity index (χ1n) is 6.73. The van der Waals surface area contributed by atoms with E-state index in [4.69, 9.17) is 16.7 Å². The van der Waals surface area contributed by atoms with Crippen LogP contribution in [0.15, 0.2) is 18.2 Å². The highest BCUT2D eigenvalue weighted by Crippen LogP contribution is 2.26. The maximum Gasteiger partial charge on any atom is 0.305 e. The summed E-state index contributed by atoms with van der Waals surface area (Å²) >= 11 is 5.71. The van der Waals surface area contributed by atoms with Gasteiger partial charge in [0.15, 0.2) is 0 Å². The highest BCUT2D eigenvalue weighted by molar-refractivity contribution is 6.31. The van der Waals surface area contributed by atoms with Crippen molar-refractivity contribution in [3.63, 3.8) is 0 Å². The lowest BCUT2D eigenvalue weighted by atomic mass is 9.88. The van der Waals surface area contributed by atoms with Gasteiger partial charge in [0.1, 0.15) is 5.56 Å². The molecule has 0 saturated carbocycles. The van der Waals surface area contributed by atoms with E-state index in [0.29, 0.717) is 12.8 Å². The van der Waals surface area contributed by atoms with E-state index in [1.54, 1.807) is 13.8 Å². The number of carbonyl (C=O) groups is 2. The zero-order chi connectivity index (χ0) is 16.9. The van der Waals surface area contributed by atoms with Gasteiger partial charge in [-0.15, -0.1) is 0 Å². The fourth-order valence-corrected chi connectivity index (χ4v) is 2.33. The summed E-state index contributed by atoms with van der Waals surface area (Å²) in [6, 6.07) is 3.72. The van der Waals surface area contributed by atoms with E-state index < -0.39 is 28.0 Å². The number of nitro benzene ring substituents is 1. The molecule has 0 fully saturated rings. The number of nitrogens with one attached hydrogen (secondary N) is 1. The average Bonchev–Trinajstić information content (AvgIpc) is 2.45. The fraction of sp³-hybridized carbons (Fsp3) is 0.429. The molecule has 0 heterocycles. The van der Waals surface area contributed by atoms with Gasteiger partial charge in [0.25, 0.3) is 11.6 Å². The Morgan fingerprint density at radius 2 is 1.95 bits per heavy atom. The van der Waals surface area contributed by atoms with Crippen LogP contribution < -0.4 is 5.32 Å². The molecule has 0 aliphatic carbocycles. The summed E-state index contributed by atoms with van der Waals surface area (Å²) in [5.41, 5.74) is -1.51. The van der Waals surface area contributed by atoms with Gasteiger partial charge in [-0.1, -0.05) is 25.4 Å². The largest absolute Gasteiger partial charge is 0.481 e. The van der Waals surface area contributed by atoms with Crippen molar-refractivity contribution in [3.8, 4) is 0 Å². The molecule has 1 aromatic carbocycles. The summed E-state index contributed by atoms with van der Waals surface area (Å²) in [4.78, 5) is 33.7. The second kappa shape index (κ2) is 7.22. The molecule has 7 nitrogen and oxygen atoms in total. The van der Waals surface area contributed by atoms with Crippen LogP contribution in [0.4, 0.5) is 5.69 Å². The van der Waals surface area contributed by atoms with Crippen molar-refractivity contribution in [2.45, 2.75) is 38.6 Å². The summed E-state index contributed by atoms with van der Waals surface area (Å²) < 4.78 is 0. The third kappa shape index (κ3) is 4.17. The molecule has 120 valence electrons. The molecule has 1 aromatic rings. The van der Waals surface area contributed by atoms with Crippen molar-refractivity contribution in [2.24, 2.45) is 0 Å².